The number of benzene rings is 1. The molecule has 1 aromatic carbocycles. The molecule has 0 saturated heterocycles. The average Bonchev–Trinajstić information content (AvgIpc) is 2.41. The molecule has 1 heterocycles. The van der Waals surface area contributed by atoms with E-state index >= 15 is 0 Å². The maximum absolute atomic E-state index is 11.8. The summed E-state index contributed by atoms with van der Waals surface area (Å²) in [6.45, 7) is 1.32. The molecule has 100 valence electrons. The van der Waals surface area contributed by atoms with Crippen LogP contribution in [-0.4, -0.2) is 20.6 Å². The van der Waals surface area contributed by atoms with E-state index in [1.165, 1.54) is 17.6 Å². The van der Waals surface area contributed by atoms with Gasteiger partial charge in [-0.05, 0) is 6.07 Å². The van der Waals surface area contributed by atoms with E-state index in [1.807, 2.05) is 0 Å². The van der Waals surface area contributed by atoms with Gasteiger partial charge in [0.25, 0.3) is 5.56 Å². The van der Waals surface area contributed by atoms with Crippen LogP contribution < -0.4 is 5.56 Å². The highest BCUT2D eigenvalue weighted by atomic mass is 16.6. The molecule has 0 fully saturated rings. The van der Waals surface area contributed by atoms with Crippen molar-refractivity contribution in [2.24, 2.45) is 7.05 Å². The van der Waals surface area contributed by atoms with E-state index in [9.17, 15) is 20.0 Å². The minimum Gasteiger partial charge on any atom is -0.381 e. The van der Waals surface area contributed by atoms with Crippen LogP contribution in [0.25, 0.3) is 10.9 Å². The Morgan fingerprint density at radius 1 is 1.37 bits per heavy atom. The Labute approximate surface area is 109 Å². The molecular formula is C13H14N2O4. The standard InChI is InChI=1S/C13H14N2O4/c1-8(15(18)19)13(17)10-7-12(16)14(2)11-6-4-3-5-9(10)11/h3-8,13,17H,1-2H3. The first kappa shape index (κ1) is 13.2. The van der Waals surface area contributed by atoms with Crippen molar-refractivity contribution in [1.29, 1.82) is 0 Å². The van der Waals surface area contributed by atoms with Crippen LogP contribution in [0.1, 0.15) is 18.6 Å². The van der Waals surface area contributed by atoms with Crippen molar-refractivity contribution >= 4 is 10.9 Å². The van der Waals surface area contributed by atoms with Gasteiger partial charge in [0.05, 0.1) is 5.52 Å². The number of nitro groups is 1. The topological polar surface area (TPSA) is 85.4 Å². The van der Waals surface area contributed by atoms with Crippen molar-refractivity contribution in [1.82, 2.24) is 4.57 Å². The zero-order chi connectivity index (χ0) is 14.2. The summed E-state index contributed by atoms with van der Waals surface area (Å²) >= 11 is 0. The van der Waals surface area contributed by atoms with Crippen molar-refractivity contribution in [3.8, 4) is 0 Å². The van der Waals surface area contributed by atoms with Crippen LogP contribution in [0.4, 0.5) is 0 Å². The van der Waals surface area contributed by atoms with Gasteiger partial charge in [-0.25, -0.2) is 0 Å². The molecule has 0 bridgehead atoms. The first-order valence-electron chi connectivity index (χ1n) is 5.83. The largest absolute Gasteiger partial charge is 0.381 e. The normalized spacial score (nSPS) is 14.3. The lowest BCUT2D eigenvalue weighted by Gasteiger charge is -2.16. The lowest BCUT2D eigenvalue weighted by Crippen LogP contribution is -2.26. The van der Waals surface area contributed by atoms with Gasteiger partial charge >= 0.3 is 0 Å². The molecule has 2 atom stereocenters. The Bertz CT molecular complexity index is 693. The monoisotopic (exact) mass is 262 g/mol. The molecule has 1 N–H and O–H groups in total. The van der Waals surface area contributed by atoms with Gasteiger partial charge in [-0.2, -0.15) is 0 Å². The lowest BCUT2D eigenvalue weighted by molar-refractivity contribution is -0.531. The summed E-state index contributed by atoms with van der Waals surface area (Å²) in [6, 6.07) is 7.10. The molecule has 0 aliphatic rings. The molecular weight excluding hydrogens is 248 g/mol. The summed E-state index contributed by atoms with van der Waals surface area (Å²) < 4.78 is 1.45. The van der Waals surface area contributed by atoms with Gasteiger partial charge in [0, 0.05) is 35.9 Å². The maximum Gasteiger partial charge on any atom is 0.251 e. The molecule has 1 aromatic heterocycles. The number of aliphatic hydroxyl groups excluding tert-OH is 1. The number of para-hydroxylation sites is 1. The number of rotatable bonds is 3. The third-order valence-electron chi connectivity index (χ3n) is 3.29. The zero-order valence-electron chi connectivity index (χ0n) is 10.6. The Balaban J connectivity index is 2.71. The molecule has 2 aromatic rings. The van der Waals surface area contributed by atoms with Crippen LogP contribution in [0.2, 0.25) is 0 Å². The van der Waals surface area contributed by atoms with Gasteiger partial charge in [0.2, 0.25) is 6.04 Å². The summed E-state index contributed by atoms with van der Waals surface area (Å²) in [7, 11) is 1.62. The Morgan fingerprint density at radius 3 is 2.63 bits per heavy atom. The van der Waals surface area contributed by atoms with Crippen molar-refractivity contribution < 1.29 is 10.0 Å². The highest BCUT2D eigenvalue weighted by Gasteiger charge is 2.28. The maximum atomic E-state index is 11.8. The van der Waals surface area contributed by atoms with E-state index in [-0.39, 0.29) is 5.56 Å². The second kappa shape index (κ2) is 4.81. The number of hydrogen-bond acceptors (Lipinski definition) is 4. The van der Waals surface area contributed by atoms with Crippen LogP contribution in [0, 0.1) is 10.1 Å². The van der Waals surface area contributed by atoms with Gasteiger partial charge < -0.3 is 9.67 Å². The highest BCUT2D eigenvalue weighted by Crippen LogP contribution is 2.25. The van der Waals surface area contributed by atoms with Crippen LogP contribution >= 0.6 is 0 Å². The quantitative estimate of drug-likeness (QED) is 0.666. The molecule has 6 heteroatoms. The van der Waals surface area contributed by atoms with Gasteiger partial charge in [-0.1, -0.05) is 18.2 Å². The fourth-order valence-corrected chi connectivity index (χ4v) is 2.06. The van der Waals surface area contributed by atoms with E-state index in [1.54, 1.807) is 31.3 Å². The van der Waals surface area contributed by atoms with Crippen molar-refractivity contribution in [3.05, 3.63) is 56.4 Å². The van der Waals surface area contributed by atoms with Crippen molar-refractivity contribution in [3.63, 3.8) is 0 Å². The summed E-state index contributed by atoms with van der Waals surface area (Å²) in [5.74, 6) is 0. The smallest absolute Gasteiger partial charge is 0.251 e. The molecule has 0 saturated carbocycles. The number of aliphatic hydroxyl groups is 1. The second-order valence-electron chi connectivity index (χ2n) is 4.48. The third-order valence-corrected chi connectivity index (χ3v) is 3.29. The van der Waals surface area contributed by atoms with E-state index < -0.39 is 17.1 Å². The molecule has 0 spiro atoms. The fraction of sp³-hybridized carbons (Fsp3) is 0.308. The molecule has 6 nitrogen and oxygen atoms in total. The predicted molar refractivity (Wildman–Crippen MR) is 70.6 cm³/mol. The van der Waals surface area contributed by atoms with E-state index in [0.29, 0.717) is 16.5 Å². The Kier molecular flexibility index (Phi) is 3.35. The molecule has 0 amide bonds. The molecule has 2 unspecified atom stereocenters. The van der Waals surface area contributed by atoms with E-state index in [4.69, 9.17) is 0 Å². The van der Waals surface area contributed by atoms with E-state index in [0.717, 1.165) is 0 Å². The SMILES string of the molecule is CC(C(O)c1cc(=O)n(C)c2ccccc12)[N+](=O)[O-]. The zero-order valence-corrected chi connectivity index (χ0v) is 10.6. The molecule has 19 heavy (non-hydrogen) atoms. The molecule has 2 rings (SSSR count). The summed E-state index contributed by atoms with van der Waals surface area (Å²) in [5.41, 5.74) is 0.630. The van der Waals surface area contributed by atoms with Crippen LogP contribution in [0.5, 0.6) is 0 Å². The fourth-order valence-electron chi connectivity index (χ4n) is 2.06. The summed E-state index contributed by atoms with van der Waals surface area (Å²) in [5, 5.41) is 21.5. The predicted octanol–water partition coefficient (Wildman–Crippen LogP) is 1.24. The number of pyridine rings is 1. The van der Waals surface area contributed by atoms with Gasteiger partial charge in [0.1, 0.15) is 6.10 Å². The summed E-state index contributed by atoms with van der Waals surface area (Å²) in [6.07, 6.45) is -1.31. The van der Waals surface area contributed by atoms with Crippen molar-refractivity contribution in [2.45, 2.75) is 19.1 Å². The number of aromatic nitrogens is 1. The van der Waals surface area contributed by atoms with Crippen molar-refractivity contribution in [2.75, 3.05) is 0 Å². The molecule has 0 aliphatic carbocycles. The molecule has 0 aliphatic heterocycles. The first-order valence-corrected chi connectivity index (χ1v) is 5.83. The number of nitrogens with zero attached hydrogens (tertiary/aromatic N) is 2. The Hall–Kier alpha value is -2.21. The van der Waals surface area contributed by atoms with Crippen LogP contribution in [0.3, 0.4) is 0 Å². The number of hydrogen-bond donors (Lipinski definition) is 1. The van der Waals surface area contributed by atoms with Gasteiger partial charge in [-0.15, -0.1) is 0 Å². The van der Waals surface area contributed by atoms with Gasteiger partial charge in [0.15, 0.2) is 0 Å². The first-order chi connectivity index (χ1) is 8.93. The average molecular weight is 262 g/mol. The minimum absolute atomic E-state index is 0.294. The summed E-state index contributed by atoms with van der Waals surface area (Å²) in [4.78, 5) is 22.0. The van der Waals surface area contributed by atoms with Crippen LogP contribution in [0.15, 0.2) is 35.1 Å². The number of aryl methyl sites for hydroxylation is 1. The number of fused-ring (bicyclic) bond motifs is 1. The molecule has 0 radical (unpaired) electrons. The van der Waals surface area contributed by atoms with E-state index in [2.05, 4.69) is 0 Å². The van der Waals surface area contributed by atoms with Gasteiger partial charge in [-0.3, -0.25) is 14.9 Å². The Morgan fingerprint density at radius 2 is 2.00 bits per heavy atom. The van der Waals surface area contributed by atoms with Crippen LogP contribution in [-0.2, 0) is 7.05 Å². The second-order valence-corrected chi connectivity index (χ2v) is 4.48. The highest BCUT2D eigenvalue weighted by molar-refractivity contribution is 5.82. The lowest BCUT2D eigenvalue weighted by atomic mass is 9.99. The third kappa shape index (κ3) is 2.22. The minimum atomic E-state index is -1.31.